The quantitative estimate of drug-likeness (QED) is 0.283. The summed E-state index contributed by atoms with van der Waals surface area (Å²) in [5.41, 5.74) is 1.24. The predicted octanol–water partition coefficient (Wildman–Crippen LogP) is 5.45. The van der Waals surface area contributed by atoms with Crippen LogP contribution in [0.1, 0.15) is 31.0 Å². The van der Waals surface area contributed by atoms with Crippen molar-refractivity contribution >= 4 is 9.84 Å². The molecule has 204 valence electrons. The Kier molecular flexibility index (Phi) is 8.06. The maximum Gasteiger partial charge on any atom is 0.271 e. The van der Waals surface area contributed by atoms with E-state index >= 15 is 0 Å². The fraction of sp³-hybridized carbons (Fsp3) is 0.241. The van der Waals surface area contributed by atoms with Gasteiger partial charge in [0.15, 0.2) is 9.92 Å². The highest BCUT2D eigenvalue weighted by Gasteiger charge is 2.32. The Hall–Kier alpha value is -4.18. The van der Waals surface area contributed by atoms with Gasteiger partial charge in [-0.15, -0.1) is 0 Å². The van der Waals surface area contributed by atoms with Gasteiger partial charge in [-0.25, -0.2) is 17.8 Å². The summed E-state index contributed by atoms with van der Waals surface area (Å²) in [6.07, 6.45) is 3.14. The van der Waals surface area contributed by atoms with Gasteiger partial charge < -0.3 is 19.6 Å². The number of benzene rings is 2. The van der Waals surface area contributed by atoms with E-state index in [-0.39, 0.29) is 5.56 Å². The number of pyridine rings is 2. The molecule has 0 unspecified atom stereocenters. The van der Waals surface area contributed by atoms with Crippen molar-refractivity contribution < 1.29 is 27.4 Å². The molecule has 0 radical (unpaired) electrons. The molecule has 0 aliphatic heterocycles. The summed E-state index contributed by atoms with van der Waals surface area (Å²) >= 11 is 0. The molecule has 0 aliphatic rings. The van der Waals surface area contributed by atoms with Crippen molar-refractivity contribution in [2.75, 3.05) is 14.2 Å². The third kappa shape index (κ3) is 5.12. The first-order chi connectivity index (χ1) is 18.6. The number of unbranched alkanes of at least 4 members (excludes halogenated alkanes) is 1. The lowest BCUT2D eigenvalue weighted by Crippen LogP contribution is -2.21. The van der Waals surface area contributed by atoms with E-state index in [2.05, 4.69) is 9.97 Å². The minimum Gasteiger partial charge on any atom is -0.506 e. The molecule has 0 spiro atoms. The van der Waals surface area contributed by atoms with Crippen LogP contribution >= 0.6 is 0 Å². The number of aromatic amines is 1. The van der Waals surface area contributed by atoms with E-state index in [1.165, 1.54) is 38.6 Å². The minimum absolute atomic E-state index is 0.0999. The van der Waals surface area contributed by atoms with E-state index in [9.17, 15) is 22.7 Å². The number of hydrogen-bond acceptors (Lipinski definition) is 7. The predicted molar refractivity (Wildman–Crippen MR) is 146 cm³/mol. The van der Waals surface area contributed by atoms with Gasteiger partial charge >= 0.3 is 0 Å². The van der Waals surface area contributed by atoms with Gasteiger partial charge in [-0.1, -0.05) is 31.5 Å². The molecular formula is C29H29FN2O6S. The number of aromatic nitrogens is 2. The van der Waals surface area contributed by atoms with Crippen molar-refractivity contribution in [3.05, 3.63) is 82.2 Å². The molecular weight excluding hydrogens is 523 g/mol. The van der Waals surface area contributed by atoms with Crippen LogP contribution in [0, 0.1) is 12.7 Å². The van der Waals surface area contributed by atoms with E-state index in [0.717, 1.165) is 6.42 Å². The Morgan fingerprint density at radius 1 is 1.00 bits per heavy atom. The van der Waals surface area contributed by atoms with Crippen molar-refractivity contribution in [2.24, 2.45) is 0 Å². The molecule has 0 fully saturated rings. The number of methoxy groups -OCH3 is 2. The van der Waals surface area contributed by atoms with Crippen molar-refractivity contribution in [3.8, 4) is 39.5 Å². The van der Waals surface area contributed by atoms with E-state index in [1.54, 1.807) is 37.3 Å². The molecule has 2 N–H and O–H groups in total. The van der Waals surface area contributed by atoms with Crippen LogP contribution < -0.4 is 15.0 Å². The van der Waals surface area contributed by atoms with Crippen LogP contribution in [0.25, 0.3) is 22.3 Å². The van der Waals surface area contributed by atoms with Crippen LogP contribution in [0.4, 0.5) is 4.39 Å². The zero-order valence-electron chi connectivity index (χ0n) is 22.0. The normalized spacial score (nSPS) is 11.4. The summed E-state index contributed by atoms with van der Waals surface area (Å²) in [5, 5.41) is 11.0. The molecule has 0 bridgehead atoms. The molecule has 2 aromatic carbocycles. The molecule has 0 saturated carbocycles. The van der Waals surface area contributed by atoms with Gasteiger partial charge in [-0.05, 0) is 61.2 Å². The first-order valence-corrected chi connectivity index (χ1v) is 13.8. The van der Waals surface area contributed by atoms with Gasteiger partial charge in [0.05, 0.1) is 25.3 Å². The summed E-state index contributed by atoms with van der Waals surface area (Å²) in [7, 11) is -1.70. The smallest absolute Gasteiger partial charge is 0.271 e. The van der Waals surface area contributed by atoms with Crippen molar-refractivity contribution in [2.45, 2.75) is 43.0 Å². The van der Waals surface area contributed by atoms with E-state index < -0.39 is 36.9 Å². The molecule has 0 amide bonds. The lowest BCUT2D eigenvalue weighted by atomic mass is 9.98. The second-order valence-electron chi connectivity index (χ2n) is 8.93. The third-order valence-electron chi connectivity index (χ3n) is 6.54. The lowest BCUT2D eigenvalue weighted by Gasteiger charge is -2.19. The summed E-state index contributed by atoms with van der Waals surface area (Å²) < 4.78 is 52.4. The standard InChI is InChI=1S/C29H29FN2O6S/c1-5-6-11-21-25(26-22(37-3)12-8-13-23(26)38-4)27(33)28(29(34)32-21)39(35,36)24-15-14-18(16-31-24)19-9-7-10-20(30)17(19)2/h7-10,12-16H,5-6,11H2,1-4H3,(H2,32,33,34). The van der Waals surface area contributed by atoms with Gasteiger partial charge in [0, 0.05) is 17.5 Å². The molecule has 4 rings (SSSR count). The fourth-order valence-electron chi connectivity index (χ4n) is 4.50. The first kappa shape index (κ1) is 27.8. The average molecular weight is 553 g/mol. The van der Waals surface area contributed by atoms with Crippen LogP contribution in [0.15, 0.2) is 69.4 Å². The van der Waals surface area contributed by atoms with Crippen LogP contribution in [0.5, 0.6) is 17.2 Å². The van der Waals surface area contributed by atoms with Crippen molar-refractivity contribution in [1.29, 1.82) is 0 Å². The molecule has 8 nitrogen and oxygen atoms in total. The topological polar surface area (TPSA) is 119 Å². The highest BCUT2D eigenvalue weighted by molar-refractivity contribution is 7.91. The number of aromatic hydroxyl groups is 1. The molecule has 2 heterocycles. The monoisotopic (exact) mass is 552 g/mol. The molecule has 10 heteroatoms. The highest BCUT2D eigenvalue weighted by Crippen LogP contribution is 2.46. The molecule has 2 aromatic heterocycles. The maximum absolute atomic E-state index is 14.0. The third-order valence-corrected chi connectivity index (χ3v) is 8.25. The number of nitrogens with one attached hydrogen (secondary N) is 1. The number of H-pyrrole nitrogens is 1. The number of halogens is 1. The second-order valence-corrected chi connectivity index (χ2v) is 10.8. The summed E-state index contributed by atoms with van der Waals surface area (Å²) in [6, 6.07) is 12.3. The number of hydrogen-bond donors (Lipinski definition) is 2. The van der Waals surface area contributed by atoms with Crippen molar-refractivity contribution in [3.63, 3.8) is 0 Å². The molecule has 0 atom stereocenters. The van der Waals surface area contributed by atoms with Crippen LogP contribution in [0.3, 0.4) is 0 Å². The first-order valence-electron chi connectivity index (χ1n) is 12.3. The van der Waals surface area contributed by atoms with Crippen LogP contribution in [-0.2, 0) is 16.3 Å². The minimum atomic E-state index is -4.59. The summed E-state index contributed by atoms with van der Waals surface area (Å²) in [4.78, 5) is 19.1. The van der Waals surface area contributed by atoms with E-state index in [0.29, 0.717) is 52.3 Å². The summed E-state index contributed by atoms with van der Waals surface area (Å²) in [6.45, 7) is 3.58. The molecule has 39 heavy (non-hydrogen) atoms. The van der Waals surface area contributed by atoms with E-state index in [4.69, 9.17) is 9.47 Å². The van der Waals surface area contributed by atoms with Gasteiger partial charge in [0.1, 0.15) is 23.1 Å². The highest BCUT2D eigenvalue weighted by atomic mass is 32.2. The Balaban J connectivity index is 1.93. The Bertz CT molecular complexity index is 1660. The zero-order valence-corrected chi connectivity index (χ0v) is 22.9. The van der Waals surface area contributed by atoms with E-state index in [1.807, 2.05) is 6.92 Å². The fourth-order valence-corrected chi connectivity index (χ4v) is 5.80. The maximum atomic E-state index is 14.0. The Labute approximate surface area is 226 Å². The SMILES string of the molecule is CCCCc1[nH]c(=O)c(S(=O)(=O)c2ccc(-c3cccc(F)c3C)cn2)c(O)c1-c1c(OC)cccc1OC. The molecule has 0 saturated heterocycles. The van der Waals surface area contributed by atoms with Crippen LogP contribution in [0.2, 0.25) is 0 Å². The number of aryl methyl sites for hydroxylation is 1. The molecule has 0 aliphatic carbocycles. The Morgan fingerprint density at radius 3 is 2.26 bits per heavy atom. The molecule has 4 aromatic rings. The van der Waals surface area contributed by atoms with Gasteiger partial charge in [-0.2, -0.15) is 0 Å². The average Bonchev–Trinajstić information content (AvgIpc) is 2.93. The van der Waals surface area contributed by atoms with Crippen LogP contribution in [-0.4, -0.2) is 37.7 Å². The van der Waals surface area contributed by atoms with Crippen molar-refractivity contribution in [1.82, 2.24) is 9.97 Å². The number of sulfone groups is 1. The lowest BCUT2D eigenvalue weighted by molar-refractivity contribution is 0.395. The number of nitrogens with zero attached hydrogens (tertiary/aromatic N) is 1. The number of rotatable bonds is 9. The van der Waals surface area contributed by atoms with Gasteiger partial charge in [0.2, 0.25) is 9.84 Å². The second kappa shape index (κ2) is 11.3. The Morgan fingerprint density at radius 2 is 1.67 bits per heavy atom. The number of ether oxygens (including phenoxy) is 2. The zero-order chi connectivity index (χ0) is 28.3. The summed E-state index contributed by atoms with van der Waals surface area (Å²) in [5.74, 6) is -0.473. The van der Waals surface area contributed by atoms with Gasteiger partial charge in [-0.3, -0.25) is 4.79 Å². The van der Waals surface area contributed by atoms with Gasteiger partial charge in [0.25, 0.3) is 5.56 Å². The largest absolute Gasteiger partial charge is 0.506 e.